The molecule has 6 nitrogen and oxygen atoms in total. The molecule has 1 aliphatic carbocycles. The fourth-order valence-electron chi connectivity index (χ4n) is 3.78. The fourth-order valence-corrected chi connectivity index (χ4v) is 4.71. The van der Waals surface area contributed by atoms with Crippen molar-refractivity contribution in [2.24, 2.45) is 0 Å². The summed E-state index contributed by atoms with van der Waals surface area (Å²) in [6, 6.07) is 1.79. The van der Waals surface area contributed by atoms with E-state index in [1.807, 2.05) is 18.0 Å². The molecule has 2 fully saturated rings. The van der Waals surface area contributed by atoms with Crippen LogP contribution in [0.25, 0.3) is 10.8 Å². The molecule has 1 N–H and O–H groups in total. The predicted octanol–water partition coefficient (Wildman–Crippen LogP) is 2.75. The molecular formula is C17H21N5OS. The first kappa shape index (κ1) is 15.7. The van der Waals surface area contributed by atoms with Gasteiger partial charge in [0, 0.05) is 25.1 Å². The Morgan fingerprint density at radius 1 is 1.25 bits per heavy atom. The fraction of sp³-hybridized carbons (Fsp3) is 0.529. The normalized spacial score (nSPS) is 23.1. The maximum absolute atomic E-state index is 13.0. The number of rotatable bonds is 3. The lowest BCUT2D eigenvalue weighted by atomic mass is 9.82. The molecule has 4 rings (SSSR count). The Balaban J connectivity index is 1.64. The lowest BCUT2D eigenvalue weighted by molar-refractivity contribution is -0.134. The van der Waals surface area contributed by atoms with Crippen LogP contribution in [0.4, 0.5) is 0 Å². The molecule has 0 aromatic carbocycles. The van der Waals surface area contributed by atoms with Crippen molar-refractivity contribution in [3.8, 4) is 10.8 Å². The number of thiazole rings is 1. The number of carbonyl (C=O) groups excluding carboxylic acids is 1. The summed E-state index contributed by atoms with van der Waals surface area (Å²) in [5.74, 6) is 0.883. The van der Waals surface area contributed by atoms with Gasteiger partial charge in [0.25, 0.3) is 0 Å². The maximum atomic E-state index is 13.0. The molecule has 7 heteroatoms. The molecule has 1 aliphatic heterocycles. The lowest BCUT2D eigenvalue weighted by Gasteiger charge is -2.31. The molecule has 2 aromatic heterocycles. The van der Waals surface area contributed by atoms with Gasteiger partial charge in [0.1, 0.15) is 6.17 Å². The highest BCUT2D eigenvalue weighted by atomic mass is 32.1. The van der Waals surface area contributed by atoms with Crippen LogP contribution in [0.1, 0.15) is 50.1 Å². The molecule has 0 radical (unpaired) electrons. The standard InChI is InChI=1S/C17H21N5OS/c1-2-22-14(21-17(16(22)23)7-4-3-5-8-17)12-11-20-15(24-12)13-18-9-6-10-19-13/h6,9-11,14,21H,2-5,7-8H2,1H3/t14-/m0/s1. The van der Waals surface area contributed by atoms with E-state index in [1.165, 1.54) is 6.42 Å². The van der Waals surface area contributed by atoms with Gasteiger partial charge in [0.15, 0.2) is 10.8 Å². The maximum Gasteiger partial charge on any atom is 0.244 e. The van der Waals surface area contributed by atoms with Crippen molar-refractivity contribution in [2.75, 3.05) is 6.54 Å². The molecule has 2 aliphatic rings. The molecule has 1 atom stereocenters. The highest BCUT2D eigenvalue weighted by Crippen LogP contribution is 2.41. The summed E-state index contributed by atoms with van der Waals surface area (Å²) in [6.45, 7) is 2.74. The lowest BCUT2D eigenvalue weighted by Crippen LogP contribution is -2.48. The van der Waals surface area contributed by atoms with Crippen LogP contribution in [0.15, 0.2) is 24.7 Å². The van der Waals surface area contributed by atoms with Crippen molar-refractivity contribution in [2.45, 2.75) is 50.7 Å². The van der Waals surface area contributed by atoms with Gasteiger partial charge in [0.2, 0.25) is 5.91 Å². The highest BCUT2D eigenvalue weighted by Gasteiger charge is 2.51. The number of carbonyl (C=O) groups is 1. The Morgan fingerprint density at radius 2 is 2.00 bits per heavy atom. The van der Waals surface area contributed by atoms with Gasteiger partial charge in [-0.15, -0.1) is 11.3 Å². The number of hydrogen-bond acceptors (Lipinski definition) is 6. The zero-order valence-corrected chi connectivity index (χ0v) is 14.6. The van der Waals surface area contributed by atoms with Crippen molar-refractivity contribution < 1.29 is 4.79 Å². The SMILES string of the molecule is CCN1C(=O)C2(CCCCC2)N[C@@H]1c1cnc(-c2ncccn2)s1. The molecule has 2 aromatic rings. The molecule has 3 heterocycles. The number of amides is 1. The molecule has 126 valence electrons. The van der Waals surface area contributed by atoms with E-state index in [2.05, 4.69) is 20.3 Å². The van der Waals surface area contributed by atoms with Crippen LogP contribution in [-0.4, -0.2) is 37.8 Å². The van der Waals surface area contributed by atoms with Crippen LogP contribution in [0.2, 0.25) is 0 Å². The van der Waals surface area contributed by atoms with Crippen LogP contribution < -0.4 is 5.32 Å². The van der Waals surface area contributed by atoms with Crippen LogP contribution in [0, 0.1) is 0 Å². The molecule has 0 bridgehead atoms. The second-order valence-corrected chi connectivity index (χ2v) is 7.48. The average molecular weight is 343 g/mol. The third-order valence-electron chi connectivity index (χ3n) is 4.99. The van der Waals surface area contributed by atoms with Crippen molar-refractivity contribution in [1.29, 1.82) is 0 Å². The van der Waals surface area contributed by atoms with E-state index >= 15 is 0 Å². The summed E-state index contributed by atoms with van der Waals surface area (Å²) < 4.78 is 0. The van der Waals surface area contributed by atoms with E-state index in [1.54, 1.807) is 29.8 Å². The molecule has 1 spiro atoms. The topological polar surface area (TPSA) is 71.0 Å². The van der Waals surface area contributed by atoms with Gasteiger partial charge in [-0.05, 0) is 25.8 Å². The number of hydrogen-bond donors (Lipinski definition) is 1. The van der Waals surface area contributed by atoms with Gasteiger partial charge in [0.05, 0.1) is 10.4 Å². The molecule has 1 saturated heterocycles. The van der Waals surface area contributed by atoms with Gasteiger partial charge in [-0.1, -0.05) is 19.3 Å². The van der Waals surface area contributed by atoms with Crippen molar-refractivity contribution >= 4 is 17.2 Å². The summed E-state index contributed by atoms with van der Waals surface area (Å²) in [6.07, 6.45) is 10.5. The molecular weight excluding hydrogens is 322 g/mol. The Kier molecular flexibility index (Phi) is 4.05. The highest BCUT2D eigenvalue weighted by molar-refractivity contribution is 7.15. The quantitative estimate of drug-likeness (QED) is 0.928. The van der Waals surface area contributed by atoms with E-state index in [4.69, 9.17) is 0 Å². The second kappa shape index (κ2) is 6.22. The zero-order chi connectivity index (χ0) is 16.6. The molecule has 0 unspecified atom stereocenters. The van der Waals surface area contributed by atoms with Gasteiger partial charge in [-0.2, -0.15) is 0 Å². The summed E-state index contributed by atoms with van der Waals surface area (Å²) in [7, 11) is 0. The van der Waals surface area contributed by atoms with Crippen LogP contribution in [0.5, 0.6) is 0 Å². The Morgan fingerprint density at radius 3 is 2.71 bits per heavy atom. The third-order valence-corrected chi connectivity index (χ3v) is 6.04. The average Bonchev–Trinajstić information content (AvgIpc) is 3.21. The van der Waals surface area contributed by atoms with E-state index < -0.39 is 0 Å². The largest absolute Gasteiger partial charge is 0.321 e. The number of nitrogens with one attached hydrogen (secondary N) is 1. The zero-order valence-electron chi connectivity index (χ0n) is 13.7. The molecule has 1 saturated carbocycles. The molecule has 24 heavy (non-hydrogen) atoms. The smallest absolute Gasteiger partial charge is 0.244 e. The number of aromatic nitrogens is 3. The number of nitrogens with zero attached hydrogens (tertiary/aromatic N) is 4. The Bertz CT molecular complexity index is 726. The predicted molar refractivity (Wildman–Crippen MR) is 92.2 cm³/mol. The van der Waals surface area contributed by atoms with Crippen molar-refractivity contribution in [3.05, 3.63) is 29.5 Å². The van der Waals surface area contributed by atoms with Crippen LogP contribution in [-0.2, 0) is 4.79 Å². The first-order valence-electron chi connectivity index (χ1n) is 8.55. The second-order valence-electron chi connectivity index (χ2n) is 6.42. The van der Waals surface area contributed by atoms with Crippen LogP contribution >= 0.6 is 11.3 Å². The van der Waals surface area contributed by atoms with Crippen molar-refractivity contribution in [1.82, 2.24) is 25.2 Å². The minimum absolute atomic E-state index is 0.0874. The summed E-state index contributed by atoms with van der Waals surface area (Å²) in [4.78, 5) is 29.0. The summed E-state index contributed by atoms with van der Waals surface area (Å²) in [5, 5.41) is 4.44. The Hall–Kier alpha value is -1.86. The van der Waals surface area contributed by atoms with Gasteiger partial charge in [-0.25, -0.2) is 15.0 Å². The van der Waals surface area contributed by atoms with E-state index in [-0.39, 0.29) is 17.6 Å². The minimum atomic E-state index is -0.369. The van der Waals surface area contributed by atoms with E-state index in [0.717, 1.165) is 35.6 Å². The van der Waals surface area contributed by atoms with Crippen LogP contribution in [0.3, 0.4) is 0 Å². The first-order chi connectivity index (χ1) is 11.7. The third kappa shape index (κ3) is 2.52. The van der Waals surface area contributed by atoms with E-state index in [0.29, 0.717) is 12.4 Å². The van der Waals surface area contributed by atoms with E-state index in [9.17, 15) is 4.79 Å². The van der Waals surface area contributed by atoms with Gasteiger partial charge >= 0.3 is 0 Å². The number of likely N-dealkylation sites (N-methyl/N-ethyl adjacent to an activating group) is 1. The first-order valence-corrected chi connectivity index (χ1v) is 9.37. The minimum Gasteiger partial charge on any atom is -0.321 e. The summed E-state index contributed by atoms with van der Waals surface area (Å²) >= 11 is 1.56. The summed E-state index contributed by atoms with van der Waals surface area (Å²) in [5.41, 5.74) is -0.369. The van der Waals surface area contributed by atoms with Gasteiger partial charge < -0.3 is 4.90 Å². The van der Waals surface area contributed by atoms with Gasteiger partial charge in [-0.3, -0.25) is 10.1 Å². The monoisotopic (exact) mass is 343 g/mol. The Labute approximate surface area is 145 Å². The molecule has 1 amide bonds. The van der Waals surface area contributed by atoms with Crippen molar-refractivity contribution in [3.63, 3.8) is 0 Å².